The fourth-order valence-corrected chi connectivity index (χ4v) is 2.18. The quantitative estimate of drug-likeness (QED) is 0.676. The van der Waals surface area contributed by atoms with E-state index in [0.29, 0.717) is 22.7 Å². The summed E-state index contributed by atoms with van der Waals surface area (Å²) in [5.41, 5.74) is 0.966. The lowest BCUT2D eigenvalue weighted by atomic mass is 10.1. The van der Waals surface area contributed by atoms with Gasteiger partial charge in [-0.05, 0) is 25.1 Å². The molecule has 7 heteroatoms. The van der Waals surface area contributed by atoms with E-state index in [2.05, 4.69) is 5.32 Å². The summed E-state index contributed by atoms with van der Waals surface area (Å²) in [5, 5.41) is 13.6. The molecule has 0 aliphatic rings. The first kappa shape index (κ1) is 16.3. The fourth-order valence-electron chi connectivity index (χ4n) is 2.18. The second kappa shape index (κ2) is 6.78. The van der Waals surface area contributed by atoms with E-state index in [1.54, 1.807) is 31.2 Å². The van der Waals surface area contributed by atoms with Gasteiger partial charge in [-0.1, -0.05) is 6.07 Å². The third kappa shape index (κ3) is 3.39. The number of amides is 1. The van der Waals surface area contributed by atoms with Crippen molar-refractivity contribution in [1.82, 2.24) is 0 Å². The predicted octanol–water partition coefficient (Wildman–Crippen LogP) is 3.17. The van der Waals surface area contributed by atoms with Gasteiger partial charge in [0, 0.05) is 28.9 Å². The van der Waals surface area contributed by atoms with Gasteiger partial charge < -0.3 is 14.8 Å². The third-order valence-electron chi connectivity index (χ3n) is 3.39. The summed E-state index contributed by atoms with van der Waals surface area (Å²) >= 11 is 0. The minimum Gasteiger partial charge on any atom is -0.493 e. The van der Waals surface area contributed by atoms with Gasteiger partial charge in [0.15, 0.2) is 11.5 Å². The Hall–Kier alpha value is -3.09. The number of nitrogens with one attached hydrogen (secondary N) is 1. The number of anilines is 1. The van der Waals surface area contributed by atoms with Crippen molar-refractivity contribution in [3.8, 4) is 11.5 Å². The second-order valence-electron chi connectivity index (χ2n) is 4.73. The number of nitro groups is 1. The molecule has 0 radical (unpaired) electrons. The molecule has 0 bridgehead atoms. The van der Waals surface area contributed by atoms with E-state index in [-0.39, 0.29) is 11.3 Å². The lowest BCUT2D eigenvalue weighted by Gasteiger charge is -2.11. The van der Waals surface area contributed by atoms with E-state index < -0.39 is 10.8 Å². The van der Waals surface area contributed by atoms with E-state index in [1.807, 2.05) is 0 Å². The Bertz CT molecular complexity index is 758. The molecular formula is C16H16N2O5. The number of methoxy groups -OCH3 is 2. The minimum atomic E-state index is -0.511. The summed E-state index contributed by atoms with van der Waals surface area (Å²) in [5.74, 6) is 0.580. The summed E-state index contributed by atoms with van der Waals surface area (Å²) in [7, 11) is 3.01. The van der Waals surface area contributed by atoms with Crippen molar-refractivity contribution >= 4 is 17.3 Å². The topological polar surface area (TPSA) is 90.7 Å². The number of hydrogen-bond donors (Lipinski definition) is 1. The molecule has 1 N–H and O–H groups in total. The zero-order chi connectivity index (χ0) is 17.0. The lowest BCUT2D eigenvalue weighted by Crippen LogP contribution is -2.14. The van der Waals surface area contributed by atoms with Gasteiger partial charge in [-0.25, -0.2) is 0 Å². The molecule has 0 spiro atoms. The van der Waals surface area contributed by atoms with Crippen LogP contribution >= 0.6 is 0 Å². The number of nitrogens with zero attached hydrogens (tertiary/aromatic N) is 1. The van der Waals surface area contributed by atoms with Gasteiger partial charge in [-0.3, -0.25) is 14.9 Å². The van der Waals surface area contributed by atoms with Gasteiger partial charge in [0.25, 0.3) is 11.6 Å². The number of nitro benzene ring substituents is 1. The molecule has 0 aromatic heterocycles. The zero-order valence-electron chi connectivity index (χ0n) is 13.0. The molecule has 0 aliphatic heterocycles. The summed E-state index contributed by atoms with van der Waals surface area (Å²) in [4.78, 5) is 22.8. The molecule has 0 heterocycles. The van der Waals surface area contributed by atoms with Gasteiger partial charge in [0.05, 0.1) is 19.1 Å². The van der Waals surface area contributed by atoms with Crippen molar-refractivity contribution in [1.29, 1.82) is 0 Å². The van der Waals surface area contributed by atoms with Gasteiger partial charge in [-0.2, -0.15) is 0 Å². The van der Waals surface area contributed by atoms with Crippen molar-refractivity contribution in [3.05, 3.63) is 57.6 Å². The number of carbonyl (C=O) groups is 1. The van der Waals surface area contributed by atoms with Gasteiger partial charge in [-0.15, -0.1) is 0 Å². The highest BCUT2D eigenvalue weighted by Gasteiger charge is 2.18. The van der Waals surface area contributed by atoms with Crippen molar-refractivity contribution in [2.75, 3.05) is 19.5 Å². The molecule has 1 amide bonds. The van der Waals surface area contributed by atoms with E-state index in [4.69, 9.17) is 9.47 Å². The highest BCUT2D eigenvalue weighted by atomic mass is 16.6. The van der Waals surface area contributed by atoms with Crippen molar-refractivity contribution in [2.45, 2.75) is 6.92 Å². The van der Waals surface area contributed by atoms with E-state index in [9.17, 15) is 14.9 Å². The smallest absolute Gasteiger partial charge is 0.273 e. The Labute approximate surface area is 133 Å². The highest BCUT2D eigenvalue weighted by molar-refractivity contribution is 6.06. The van der Waals surface area contributed by atoms with Crippen LogP contribution in [0.15, 0.2) is 36.4 Å². The number of benzene rings is 2. The predicted molar refractivity (Wildman–Crippen MR) is 85.3 cm³/mol. The Morgan fingerprint density at radius 1 is 1.13 bits per heavy atom. The van der Waals surface area contributed by atoms with Crippen LogP contribution in [-0.4, -0.2) is 25.1 Å². The monoisotopic (exact) mass is 316 g/mol. The summed E-state index contributed by atoms with van der Waals surface area (Å²) < 4.78 is 10.3. The molecule has 120 valence electrons. The standard InChI is InChI=1S/C16H16N2O5/c1-10-12(5-4-6-13(10)18(20)21)16(19)17-11-7-8-14(22-2)15(9-11)23-3/h4-9H,1-3H3,(H,17,19). The van der Waals surface area contributed by atoms with Crippen molar-refractivity contribution in [3.63, 3.8) is 0 Å². The maximum atomic E-state index is 12.4. The number of carbonyl (C=O) groups excluding carboxylic acids is 1. The van der Waals surface area contributed by atoms with Crippen LogP contribution in [-0.2, 0) is 0 Å². The maximum Gasteiger partial charge on any atom is 0.273 e. The summed E-state index contributed by atoms with van der Waals surface area (Å²) in [6.45, 7) is 1.54. The van der Waals surface area contributed by atoms with Crippen LogP contribution in [0.4, 0.5) is 11.4 Å². The van der Waals surface area contributed by atoms with E-state index in [0.717, 1.165) is 0 Å². The first-order valence-corrected chi connectivity index (χ1v) is 6.75. The van der Waals surface area contributed by atoms with Crippen LogP contribution < -0.4 is 14.8 Å². The normalized spacial score (nSPS) is 10.0. The molecule has 0 saturated carbocycles. The van der Waals surface area contributed by atoms with Gasteiger partial charge >= 0.3 is 0 Å². The largest absolute Gasteiger partial charge is 0.493 e. The second-order valence-corrected chi connectivity index (χ2v) is 4.73. The van der Waals surface area contributed by atoms with Crippen LogP contribution in [0, 0.1) is 17.0 Å². The highest BCUT2D eigenvalue weighted by Crippen LogP contribution is 2.30. The first-order chi connectivity index (χ1) is 11.0. The first-order valence-electron chi connectivity index (χ1n) is 6.75. The molecule has 0 aliphatic carbocycles. The van der Waals surface area contributed by atoms with Crippen LogP contribution in [0.2, 0.25) is 0 Å². The molecule has 0 unspecified atom stereocenters. The van der Waals surface area contributed by atoms with Crippen LogP contribution in [0.1, 0.15) is 15.9 Å². The van der Waals surface area contributed by atoms with Crippen molar-refractivity contribution in [2.24, 2.45) is 0 Å². The summed E-state index contributed by atoms with van der Waals surface area (Å²) in [6, 6.07) is 9.32. The lowest BCUT2D eigenvalue weighted by molar-refractivity contribution is -0.385. The molecule has 2 rings (SSSR count). The molecule has 0 atom stereocenters. The van der Waals surface area contributed by atoms with Crippen LogP contribution in [0.5, 0.6) is 11.5 Å². The summed E-state index contributed by atoms with van der Waals surface area (Å²) in [6.07, 6.45) is 0. The van der Waals surface area contributed by atoms with Gasteiger partial charge in [0.2, 0.25) is 0 Å². The Kier molecular flexibility index (Phi) is 4.80. The average Bonchev–Trinajstić information content (AvgIpc) is 2.54. The Morgan fingerprint density at radius 2 is 1.83 bits per heavy atom. The van der Waals surface area contributed by atoms with Crippen molar-refractivity contribution < 1.29 is 19.2 Å². The van der Waals surface area contributed by atoms with Gasteiger partial charge in [0.1, 0.15) is 0 Å². The Morgan fingerprint density at radius 3 is 2.43 bits per heavy atom. The molecule has 0 saturated heterocycles. The SMILES string of the molecule is COc1ccc(NC(=O)c2cccc([N+](=O)[O-])c2C)cc1OC. The number of ether oxygens (including phenoxy) is 2. The molecule has 23 heavy (non-hydrogen) atoms. The molecular weight excluding hydrogens is 300 g/mol. The zero-order valence-corrected chi connectivity index (χ0v) is 13.0. The minimum absolute atomic E-state index is 0.0926. The van der Waals surface area contributed by atoms with E-state index in [1.165, 1.54) is 26.4 Å². The molecule has 7 nitrogen and oxygen atoms in total. The number of rotatable bonds is 5. The molecule has 2 aromatic rings. The van der Waals surface area contributed by atoms with Crippen LogP contribution in [0.25, 0.3) is 0 Å². The third-order valence-corrected chi connectivity index (χ3v) is 3.39. The molecule has 0 fully saturated rings. The maximum absolute atomic E-state index is 12.4. The fraction of sp³-hybridized carbons (Fsp3) is 0.188. The number of hydrogen-bond acceptors (Lipinski definition) is 5. The molecule has 2 aromatic carbocycles. The van der Waals surface area contributed by atoms with E-state index >= 15 is 0 Å². The average molecular weight is 316 g/mol. The Balaban J connectivity index is 2.29. The van der Waals surface area contributed by atoms with Crippen LogP contribution in [0.3, 0.4) is 0 Å².